The molecule has 0 heterocycles. The highest BCUT2D eigenvalue weighted by molar-refractivity contribution is 5.73. The van der Waals surface area contributed by atoms with Crippen LogP contribution in [0.1, 0.15) is 26.2 Å². The number of carboxylic acids is 1. The van der Waals surface area contributed by atoms with Crippen molar-refractivity contribution in [2.75, 3.05) is 26.8 Å². The standard InChI is InChI=1S/C11H22N2O4/c1-3-9(7-10(14)15)8-13-11(16)12-5-4-6-17-2/h9H,3-8H2,1-2H3,(H,14,15)(H2,12,13,16). The second-order valence-electron chi connectivity index (χ2n) is 3.86. The van der Waals surface area contributed by atoms with Gasteiger partial charge in [-0.3, -0.25) is 4.79 Å². The highest BCUT2D eigenvalue weighted by Crippen LogP contribution is 2.06. The van der Waals surface area contributed by atoms with Crippen LogP contribution in [0.15, 0.2) is 0 Å². The number of carboxylic acid groups (broad SMARTS) is 1. The van der Waals surface area contributed by atoms with E-state index in [1.807, 2.05) is 6.92 Å². The molecular weight excluding hydrogens is 224 g/mol. The number of urea groups is 1. The number of hydrogen-bond acceptors (Lipinski definition) is 3. The van der Waals surface area contributed by atoms with Crippen molar-refractivity contribution in [3.05, 3.63) is 0 Å². The number of carbonyl (C=O) groups excluding carboxylic acids is 1. The van der Waals surface area contributed by atoms with E-state index in [0.717, 1.165) is 12.8 Å². The van der Waals surface area contributed by atoms with E-state index >= 15 is 0 Å². The summed E-state index contributed by atoms with van der Waals surface area (Å²) in [5, 5.41) is 14.0. The zero-order chi connectivity index (χ0) is 13.1. The van der Waals surface area contributed by atoms with E-state index in [0.29, 0.717) is 19.7 Å². The number of ether oxygens (including phenoxy) is 1. The predicted octanol–water partition coefficient (Wildman–Crippen LogP) is 0.823. The lowest BCUT2D eigenvalue weighted by atomic mass is 10.0. The predicted molar refractivity (Wildman–Crippen MR) is 63.9 cm³/mol. The summed E-state index contributed by atoms with van der Waals surface area (Å²) in [4.78, 5) is 21.8. The minimum absolute atomic E-state index is 0.0165. The van der Waals surface area contributed by atoms with Crippen LogP contribution >= 0.6 is 0 Å². The Morgan fingerprint density at radius 2 is 2.06 bits per heavy atom. The quantitative estimate of drug-likeness (QED) is 0.526. The molecule has 1 unspecified atom stereocenters. The van der Waals surface area contributed by atoms with E-state index in [4.69, 9.17) is 9.84 Å². The number of amides is 2. The van der Waals surface area contributed by atoms with Gasteiger partial charge in [-0.25, -0.2) is 4.79 Å². The van der Waals surface area contributed by atoms with Crippen LogP contribution in [0.2, 0.25) is 0 Å². The molecule has 0 aromatic heterocycles. The van der Waals surface area contributed by atoms with Crippen molar-refractivity contribution in [3.8, 4) is 0 Å². The molecule has 0 saturated heterocycles. The first-order valence-corrected chi connectivity index (χ1v) is 5.82. The summed E-state index contributed by atoms with van der Waals surface area (Å²) in [7, 11) is 1.61. The highest BCUT2D eigenvalue weighted by Gasteiger charge is 2.11. The molecule has 0 aromatic rings. The van der Waals surface area contributed by atoms with Crippen LogP contribution < -0.4 is 10.6 Å². The van der Waals surface area contributed by atoms with E-state index in [-0.39, 0.29) is 18.4 Å². The third-order valence-electron chi connectivity index (χ3n) is 2.40. The van der Waals surface area contributed by atoms with Gasteiger partial charge in [0.05, 0.1) is 0 Å². The Hall–Kier alpha value is -1.30. The van der Waals surface area contributed by atoms with Crippen LogP contribution in [0, 0.1) is 5.92 Å². The molecule has 100 valence electrons. The molecule has 0 radical (unpaired) electrons. The Morgan fingerprint density at radius 3 is 2.59 bits per heavy atom. The van der Waals surface area contributed by atoms with Gasteiger partial charge in [0.1, 0.15) is 0 Å². The lowest BCUT2D eigenvalue weighted by Gasteiger charge is -2.13. The maximum Gasteiger partial charge on any atom is 0.314 e. The monoisotopic (exact) mass is 246 g/mol. The molecule has 0 fully saturated rings. The molecule has 6 nitrogen and oxygen atoms in total. The van der Waals surface area contributed by atoms with Gasteiger partial charge < -0.3 is 20.5 Å². The summed E-state index contributed by atoms with van der Waals surface area (Å²) in [6.45, 7) is 3.46. The van der Waals surface area contributed by atoms with Crippen molar-refractivity contribution < 1.29 is 19.4 Å². The fraction of sp³-hybridized carbons (Fsp3) is 0.818. The van der Waals surface area contributed by atoms with Gasteiger partial charge in [0, 0.05) is 33.2 Å². The molecular formula is C11H22N2O4. The maximum absolute atomic E-state index is 11.3. The number of nitrogens with one attached hydrogen (secondary N) is 2. The normalized spacial score (nSPS) is 11.9. The fourth-order valence-electron chi connectivity index (χ4n) is 1.33. The Labute approximate surface area is 102 Å². The number of hydrogen-bond donors (Lipinski definition) is 3. The molecule has 0 bridgehead atoms. The summed E-state index contributed by atoms with van der Waals surface area (Å²) in [6.07, 6.45) is 1.58. The Kier molecular flexibility index (Phi) is 9.14. The fourth-order valence-corrected chi connectivity index (χ4v) is 1.33. The molecule has 0 aliphatic carbocycles. The van der Waals surface area contributed by atoms with Crippen LogP contribution in [0.4, 0.5) is 4.79 Å². The number of methoxy groups -OCH3 is 1. The first kappa shape index (κ1) is 15.7. The van der Waals surface area contributed by atoms with Gasteiger partial charge in [0.2, 0.25) is 0 Å². The van der Waals surface area contributed by atoms with Gasteiger partial charge in [-0.05, 0) is 12.3 Å². The van der Waals surface area contributed by atoms with Crippen LogP contribution in [-0.4, -0.2) is 43.9 Å². The van der Waals surface area contributed by atoms with Crippen molar-refractivity contribution in [1.29, 1.82) is 0 Å². The SMILES string of the molecule is CCC(CNC(=O)NCCCOC)CC(=O)O. The minimum Gasteiger partial charge on any atom is -0.481 e. The average Bonchev–Trinajstić information content (AvgIpc) is 2.29. The van der Waals surface area contributed by atoms with E-state index in [1.54, 1.807) is 7.11 Å². The Bertz CT molecular complexity index is 234. The molecule has 6 heteroatoms. The van der Waals surface area contributed by atoms with E-state index in [9.17, 15) is 9.59 Å². The average molecular weight is 246 g/mol. The second kappa shape index (κ2) is 9.89. The van der Waals surface area contributed by atoms with Gasteiger partial charge in [-0.15, -0.1) is 0 Å². The van der Waals surface area contributed by atoms with Gasteiger partial charge >= 0.3 is 12.0 Å². The van der Waals surface area contributed by atoms with Crippen LogP contribution in [-0.2, 0) is 9.53 Å². The smallest absolute Gasteiger partial charge is 0.314 e. The zero-order valence-electron chi connectivity index (χ0n) is 10.5. The number of carbonyl (C=O) groups is 2. The van der Waals surface area contributed by atoms with Gasteiger partial charge in [0.25, 0.3) is 0 Å². The lowest BCUT2D eigenvalue weighted by Crippen LogP contribution is -2.39. The molecule has 3 N–H and O–H groups in total. The molecule has 0 rings (SSSR count). The Balaban J connectivity index is 3.62. The molecule has 1 atom stereocenters. The first-order valence-electron chi connectivity index (χ1n) is 5.82. The summed E-state index contributed by atoms with van der Waals surface area (Å²) >= 11 is 0. The molecule has 17 heavy (non-hydrogen) atoms. The van der Waals surface area contributed by atoms with Crippen molar-refractivity contribution in [1.82, 2.24) is 10.6 Å². The summed E-state index contributed by atoms with van der Waals surface area (Å²) < 4.78 is 4.85. The lowest BCUT2D eigenvalue weighted by molar-refractivity contribution is -0.138. The minimum atomic E-state index is -0.834. The second-order valence-corrected chi connectivity index (χ2v) is 3.86. The molecule has 0 aliphatic heterocycles. The highest BCUT2D eigenvalue weighted by atomic mass is 16.5. The summed E-state index contributed by atoms with van der Waals surface area (Å²) in [5.41, 5.74) is 0. The molecule has 0 aliphatic rings. The van der Waals surface area contributed by atoms with Crippen LogP contribution in [0.25, 0.3) is 0 Å². The van der Waals surface area contributed by atoms with E-state index in [1.165, 1.54) is 0 Å². The summed E-state index contributed by atoms with van der Waals surface area (Å²) in [6, 6.07) is -0.259. The zero-order valence-corrected chi connectivity index (χ0v) is 10.5. The number of aliphatic carboxylic acids is 1. The van der Waals surface area contributed by atoms with Crippen molar-refractivity contribution in [2.24, 2.45) is 5.92 Å². The van der Waals surface area contributed by atoms with Crippen molar-refractivity contribution >= 4 is 12.0 Å². The van der Waals surface area contributed by atoms with E-state index in [2.05, 4.69) is 10.6 Å². The van der Waals surface area contributed by atoms with Crippen molar-refractivity contribution in [2.45, 2.75) is 26.2 Å². The van der Waals surface area contributed by atoms with Crippen molar-refractivity contribution in [3.63, 3.8) is 0 Å². The van der Waals surface area contributed by atoms with Crippen LogP contribution in [0.3, 0.4) is 0 Å². The third kappa shape index (κ3) is 9.62. The van der Waals surface area contributed by atoms with Gasteiger partial charge in [-0.2, -0.15) is 0 Å². The third-order valence-corrected chi connectivity index (χ3v) is 2.40. The topological polar surface area (TPSA) is 87.7 Å². The molecule has 0 saturated carbocycles. The number of rotatable bonds is 9. The van der Waals surface area contributed by atoms with E-state index < -0.39 is 5.97 Å². The largest absolute Gasteiger partial charge is 0.481 e. The van der Waals surface area contributed by atoms with Gasteiger partial charge in [-0.1, -0.05) is 13.3 Å². The van der Waals surface area contributed by atoms with Gasteiger partial charge in [0.15, 0.2) is 0 Å². The molecule has 0 spiro atoms. The maximum atomic E-state index is 11.3. The Morgan fingerprint density at radius 1 is 1.35 bits per heavy atom. The summed E-state index contributed by atoms with van der Waals surface area (Å²) in [5.74, 6) is -0.851. The van der Waals surface area contributed by atoms with Crippen LogP contribution in [0.5, 0.6) is 0 Å². The molecule has 2 amide bonds. The first-order chi connectivity index (χ1) is 8.10. The molecule has 0 aromatic carbocycles.